The van der Waals surface area contributed by atoms with Gasteiger partial charge < -0.3 is 10.1 Å². The number of ether oxygens (including phenoxy) is 1. The first kappa shape index (κ1) is 14.0. The maximum absolute atomic E-state index is 5.15. The van der Waals surface area contributed by atoms with Gasteiger partial charge in [-0.2, -0.15) is 0 Å². The number of rotatable bonds is 4. The normalized spacial score (nSPS) is 10.3. The van der Waals surface area contributed by atoms with Gasteiger partial charge in [0, 0.05) is 23.7 Å². The summed E-state index contributed by atoms with van der Waals surface area (Å²) in [7, 11) is 1.65. The Morgan fingerprint density at radius 1 is 0.818 bits per heavy atom. The maximum atomic E-state index is 5.15. The summed E-state index contributed by atoms with van der Waals surface area (Å²) >= 11 is 0. The predicted octanol–water partition coefficient (Wildman–Crippen LogP) is 3.60. The molecule has 0 atom stereocenters. The zero-order chi connectivity index (χ0) is 15.4. The summed E-state index contributed by atoms with van der Waals surface area (Å²) in [5, 5.41) is 3.12. The van der Waals surface area contributed by atoms with Crippen LogP contribution in [0.1, 0.15) is 5.69 Å². The van der Waals surface area contributed by atoms with Gasteiger partial charge in [-0.3, -0.25) is 4.98 Å². The third kappa shape index (κ3) is 3.20. The molecular weight excluding hydrogens is 276 g/mol. The van der Waals surface area contributed by atoms with Crippen LogP contribution in [-0.4, -0.2) is 22.1 Å². The van der Waals surface area contributed by atoms with Crippen LogP contribution in [0.5, 0.6) is 5.75 Å². The van der Waals surface area contributed by atoms with Crippen molar-refractivity contribution < 1.29 is 4.74 Å². The lowest BCUT2D eigenvalue weighted by Crippen LogP contribution is -1.97. The van der Waals surface area contributed by atoms with Crippen molar-refractivity contribution in [2.24, 2.45) is 0 Å². The number of aryl methyl sites for hydroxylation is 1. The first-order valence-electron chi connectivity index (χ1n) is 6.91. The molecule has 0 aliphatic rings. The number of nitrogens with one attached hydrogen (secondary N) is 1. The fourth-order valence-corrected chi connectivity index (χ4v) is 2.00. The molecule has 5 nitrogen and oxygen atoms in total. The van der Waals surface area contributed by atoms with Crippen LogP contribution in [0.4, 0.5) is 11.6 Å². The topological polar surface area (TPSA) is 59.9 Å². The zero-order valence-electron chi connectivity index (χ0n) is 12.4. The molecule has 0 saturated heterocycles. The van der Waals surface area contributed by atoms with Gasteiger partial charge >= 0.3 is 0 Å². The first-order valence-corrected chi connectivity index (χ1v) is 6.91. The Bertz CT molecular complexity index is 737. The molecule has 22 heavy (non-hydrogen) atoms. The Balaban J connectivity index is 1.75. The van der Waals surface area contributed by atoms with Crippen LogP contribution < -0.4 is 10.1 Å². The molecule has 0 unspecified atom stereocenters. The monoisotopic (exact) mass is 292 g/mol. The number of hydrogen-bond acceptors (Lipinski definition) is 5. The van der Waals surface area contributed by atoms with Gasteiger partial charge in [-0.1, -0.05) is 12.1 Å². The lowest BCUT2D eigenvalue weighted by molar-refractivity contribution is 0.415. The fraction of sp³-hybridized carbons (Fsp3) is 0.118. The van der Waals surface area contributed by atoms with E-state index in [4.69, 9.17) is 4.74 Å². The van der Waals surface area contributed by atoms with Crippen LogP contribution in [0.15, 0.2) is 55.0 Å². The molecule has 0 spiro atoms. The second-order valence-electron chi connectivity index (χ2n) is 4.84. The zero-order valence-corrected chi connectivity index (χ0v) is 12.4. The summed E-state index contributed by atoms with van der Waals surface area (Å²) in [4.78, 5) is 12.9. The molecule has 0 bridgehead atoms. The van der Waals surface area contributed by atoms with Gasteiger partial charge in [0.2, 0.25) is 5.95 Å². The van der Waals surface area contributed by atoms with Crippen molar-refractivity contribution >= 4 is 11.6 Å². The smallest absolute Gasteiger partial charge is 0.227 e. The van der Waals surface area contributed by atoms with E-state index in [9.17, 15) is 0 Å². The van der Waals surface area contributed by atoms with Gasteiger partial charge in [-0.15, -0.1) is 0 Å². The third-order valence-corrected chi connectivity index (χ3v) is 3.24. The highest BCUT2D eigenvalue weighted by molar-refractivity contribution is 5.63. The quantitative estimate of drug-likeness (QED) is 0.796. The third-order valence-electron chi connectivity index (χ3n) is 3.24. The van der Waals surface area contributed by atoms with Crippen LogP contribution in [0.2, 0.25) is 0 Å². The average molecular weight is 292 g/mol. The van der Waals surface area contributed by atoms with E-state index in [0.717, 1.165) is 28.3 Å². The van der Waals surface area contributed by atoms with Gasteiger partial charge in [0.1, 0.15) is 5.75 Å². The fourth-order valence-electron chi connectivity index (χ4n) is 2.00. The van der Waals surface area contributed by atoms with Gasteiger partial charge in [-0.05, 0) is 36.8 Å². The minimum Gasteiger partial charge on any atom is -0.497 e. The average Bonchev–Trinajstić information content (AvgIpc) is 2.58. The Hall–Kier alpha value is -2.95. The Kier molecular flexibility index (Phi) is 3.96. The van der Waals surface area contributed by atoms with Crippen LogP contribution >= 0.6 is 0 Å². The highest BCUT2D eigenvalue weighted by atomic mass is 16.5. The van der Waals surface area contributed by atoms with E-state index in [2.05, 4.69) is 20.3 Å². The summed E-state index contributed by atoms with van der Waals surface area (Å²) in [6, 6.07) is 11.7. The molecule has 110 valence electrons. The molecule has 5 heteroatoms. The first-order chi connectivity index (χ1) is 10.7. The largest absolute Gasteiger partial charge is 0.497 e. The summed E-state index contributed by atoms with van der Waals surface area (Å²) < 4.78 is 5.15. The Labute approximate surface area is 129 Å². The van der Waals surface area contributed by atoms with E-state index in [1.54, 1.807) is 25.7 Å². The van der Waals surface area contributed by atoms with Crippen molar-refractivity contribution in [3.63, 3.8) is 0 Å². The number of benzene rings is 1. The van der Waals surface area contributed by atoms with E-state index in [1.165, 1.54) is 0 Å². The lowest BCUT2D eigenvalue weighted by Gasteiger charge is -2.06. The van der Waals surface area contributed by atoms with E-state index < -0.39 is 0 Å². The summed E-state index contributed by atoms with van der Waals surface area (Å²) in [5.41, 5.74) is 3.84. The van der Waals surface area contributed by atoms with E-state index in [-0.39, 0.29) is 0 Å². The highest BCUT2D eigenvalue weighted by Crippen LogP contribution is 2.22. The number of anilines is 2. The molecule has 0 aliphatic heterocycles. The van der Waals surface area contributed by atoms with Crippen LogP contribution in [0.25, 0.3) is 11.1 Å². The number of aromatic nitrogens is 3. The number of methoxy groups -OCH3 is 1. The molecule has 3 aromatic rings. The Morgan fingerprint density at radius 3 is 2.14 bits per heavy atom. The molecule has 3 rings (SSSR count). The molecule has 1 N–H and O–H groups in total. The molecule has 0 saturated carbocycles. The number of nitrogens with zero attached hydrogens (tertiary/aromatic N) is 3. The van der Waals surface area contributed by atoms with Crippen molar-refractivity contribution in [2.45, 2.75) is 6.92 Å². The van der Waals surface area contributed by atoms with Crippen molar-refractivity contribution in [1.82, 2.24) is 15.0 Å². The van der Waals surface area contributed by atoms with E-state index >= 15 is 0 Å². The molecule has 0 amide bonds. The van der Waals surface area contributed by atoms with Gasteiger partial charge in [0.05, 0.1) is 19.0 Å². The van der Waals surface area contributed by atoms with Gasteiger partial charge in [0.15, 0.2) is 0 Å². The predicted molar refractivity (Wildman–Crippen MR) is 86.3 cm³/mol. The van der Waals surface area contributed by atoms with Crippen molar-refractivity contribution in [2.75, 3.05) is 12.4 Å². The minimum absolute atomic E-state index is 0.544. The number of hydrogen-bond donors (Lipinski definition) is 1. The standard InChI is InChI=1S/C17H16N4O/c1-12-3-6-15(11-18-12)21-17-19-9-14(10-20-17)13-4-7-16(22-2)8-5-13/h3-11H,1-2H3,(H,19,20,21). The van der Waals surface area contributed by atoms with Gasteiger partial charge in [-0.25, -0.2) is 9.97 Å². The number of pyridine rings is 1. The van der Waals surface area contributed by atoms with Crippen LogP contribution in [-0.2, 0) is 0 Å². The lowest BCUT2D eigenvalue weighted by atomic mass is 10.1. The molecule has 2 aromatic heterocycles. The minimum atomic E-state index is 0.544. The summed E-state index contributed by atoms with van der Waals surface area (Å²) in [6.07, 6.45) is 5.34. The summed E-state index contributed by atoms with van der Waals surface area (Å²) in [5.74, 6) is 1.37. The maximum Gasteiger partial charge on any atom is 0.227 e. The van der Waals surface area contributed by atoms with E-state index in [0.29, 0.717) is 5.95 Å². The summed E-state index contributed by atoms with van der Waals surface area (Å²) in [6.45, 7) is 1.95. The Morgan fingerprint density at radius 2 is 1.55 bits per heavy atom. The molecular formula is C17H16N4O. The molecule has 0 aliphatic carbocycles. The molecule has 2 heterocycles. The molecule has 0 fully saturated rings. The van der Waals surface area contributed by atoms with E-state index in [1.807, 2.05) is 43.3 Å². The second kappa shape index (κ2) is 6.22. The second-order valence-corrected chi connectivity index (χ2v) is 4.84. The molecule has 1 aromatic carbocycles. The SMILES string of the molecule is COc1ccc(-c2cnc(Nc3ccc(C)nc3)nc2)cc1. The van der Waals surface area contributed by atoms with Crippen molar-refractivity contribution in [3.05, 3.63) is 60.7 Å². The van der Waals surface area contributed by atoms with Crippen molar-refractivity contribution in [1.29, 1.82) is 0 Å². The van der Waals surface area contributed by atoms with Crippen LogP contribution in [0, 0.1) is 6.92 Å². The van der Waals surface area contributed by atoms with Crippen LogP contribution in [0.3, 0.4) is 0 Å². The highest BCUT2D eigenvalue weighted by Gasteiger charge is 2.02. The van der Waals surface area contributed by atoms with Crippen molar-refractivity contribution in [3.8, 4) is 16.9 Å². The molecule has 0 radical (unpaired) electrons. The van der Waals surface area contributed by atoms with Gasteiger partial charge in [0.25, 0.3) is 0 Å².